The zero-order chi connectivity index (χ0) is 16.2. The molecule has 1 atom stereocenters. The van der Waals surface area contributed by atoms with Crippen molar-refractivity contribution in [3.8, 4) is 5.75 Å². The van der Waals surface area contributed by atoms with E-state index in [0.29, 0.717) is 5.82 Å². The molecule has 2 heterocycles. The van der Waals surface area contributed by atoms with E-state index in [1.54, 1.807) is 17.7 Å². The topological polar surface area (TPSA) is 109 Å². The van der Waals surface area contributed by atoms with Gasteiger partial charge in [0.15, 0.2) is 11.9 Å². The summed E-state index contributed by atoms with van der Waals surface area (Å²) in [6.07, 6.45) is 6.50. The predicted molar refractivity (Wildman–Crippen MR) is 79.9 cm³/mol. The van der Waals surface area contributed by atoms with Crippen LogP contribution in [0.3, 0.4) is 0 Å². The van der Waals surface area contributed by atoms with E-state index in [4.69, 9.17) is 4.74 Å². The number of hydrogen-bond donors (Lipinski definition) is 0. The van der Waals surface area contributed by atoms with Crippen molar-refractivity contribution in [2.45, 2.75) is 51.2 Å². The van der Waals surface area contributed by atoms with Crippen LogP contribution < -0.4 is 4.74 Å². The molecule has 0 aliphatic heterocycles. The lowest BCUT2D eigenvalue weighted by Gasteiger charge is -2.23. The lowest BCUT2D eigenvalue weighted by Crippen LogP contribution is -2.20. The van der Waals surface area contributed by atoms with Gasteiger partial charge >= 0.3 is 5.82 Å². The van der Waals surface area contributed by atoms with Gasteiger partial charge in [-0.2, -0.15) is 0 Å². The van der Waals surface area contributed by atoms with Crippen LogP contribution in [0.4, 0.5) is 5.82 Å². The highest BCUT2D eigenvalue weighted by atomic mass is 16.6. The first-order valence-corrected chi connectivity index (χ1v) is 7.70. The summed E-state index contributed by atoms with van der Waals surface area (Å²) in [7, 11) is 0. The van der Waals surface area contributed by atoms with Crippen LogP contribution in [-0.2, 0) is 0 Å². The van der Waals surface area contributed by atoms with Crippen LogP contribution in [0, 0.1) is 10.1 Å². The number of hydrogen-bond acceptors (Lipinski definition) is 7. The van der Waals surface area contributed by atoms with E-state index in [1.807, 2.05) is 0 Å². The van der Waals surface area contributed by atoms with Crippen molar-refractivity contribution in [1.29, 1.82) is 0 Å². The van der Waals surface area contributed by atoms with Crippen molar-refractivity contribution in [3.63, 3.8) is 0 Å². The highest BCUT2D eigenvalue weighted by Crippen LogP contribution is 2.31. The lowest BCUT2D eigenvalue weighted by molar-refractivity contribution is -0.390. The molecule has 0 amide bonds. The monoisotopic (exact) mass is 318 g/mol. The molecule has 0 aromatic carbocycles. The van der Waals surface area contributed by atoms with E-state index >= 15 is 0 Å². The Kier molecular flexibility index (Phi) is 4.45. The second-order valence-electron chi connectivity index (χ2n) is 5.62. The molecule has 0 N–H and O–H groups in total. The summed E-state index contributed by atoms with van der Waals surface area (Å²) in [6, 6.07) is 3.39. The van der Waals surface area contributed by atoms with Crippen LogP contribution in [0.15, 0.2) is 18.3 Å². The van der Waals surface area contributed by atoms with Gasteiger partial charge in [-0.1, -0.05) is 19.3 Å². The second kappa shape index (κ2) is 6.67. The molecule has 23 heavy (non-hydrogen) atoms. The minimum Gasteiger partial charge on any atom is -0.474 e. The molecule has 9 nitrogen and oxygen atoms in total. The van der Waals surface area contributed by atoms with Crippen molar-refractivity contribution in [3.05, 3.63) is 34.3 Å². The summed E-state index contributed by atoms with van der Waals surface area (Å²) in [6.45, 7) is 1.78. The third-order valence-corrected chi connectivity index (χ3v) is 4.03. The van der Waals surface area contributed by atoms with Crippen molar-refractivity contribution in [2.75, 3.05) is 0 Å². The summed E-state index contributed by atoms with van der Waals surface area (Å²) >= 11 is 0. The van der Waals surface area contributed by atoms with Gasteiger partial charge < -0.3 is 14.9 Å². The van der Waals surface area contributed by atoms with E-state index in [1.165, 1.54) is 18.7 Å². The first kappa shape index (κ1) is 15.3. The Morgan fingerprint density at radius 2 is 2.17 bits per heavy atom. The van der Waals surface area contributed by atoms with Crippen LogP contribution in [0.5, 0.6) is 5.75 Å². The summed E-state index contributed by atoms with van der Waals surface area (Å²) in [5.74, 6) is 0.384. The SMILES string of the molecule is C[C@@H](Oc1cccnc1[N+](=O)[O-])c1nnnn1C1CCCCC1. The van der Waals surface area contributed by atoms with E-state index in [0.717, 1.165) is 25.7 Å². The number of tetrazole rings is 1. The zero-order valence-corrected chi connectivity index (χ0v) is 12.8. The Labute approximate surface area is 132 Å². The first-order chi connectivity index (χ1) is 11.2. The normalized spacial score (nSPS) is 16.9. The number of nitro groups is 1. The minimum absolute atomic E-state index is 0.114. The number of rotatable bonds is 5. The fourth-order valence-corrected chi connectivity index (χ4v) is 2.91. The fraction of sp³-hybridized carbons (Fsp3) is 0.571. The van der Waals surface area contributed by atoms with Gasteiger partial charge in [-0.05, 0) is 52.2 Å². The Morgan fingerprint density at radius 1 is 1.39 bits per heavy atom. The third kappa shape index (κ3) is 3.27. The molecule has 2 aromatic rings. The second-order valence-corrected chi connectivity index (χ2v) is 5.62. The average Bonchev–Trinajstić information content (AvgIpc) is 3.05. The van der Waals surface area contributed by atoms with Crippen LogP contribution in [0.2, 0.25) is 0 Å². The molecular weight excluding hydrogens is 300 g/mol. The molecule has 2 aromatic heterocycles. The smallest absolute Gasteiger partial charge is 0.406 e. The van der Waals surface area contributed by atoms with Crippen LogP contribution in [-0.4, -0.2) is 30.1 Å². The number of aromatic nitrogens is 5. The lowest BCUT2D eigenvalue weighted by atomic mass is 9.95. The molecule has 0 unspecified atom stereocenters. The molecule has 9 heteroatoms. The molecule has 1 saturated carbocycles. The molecule has 122 valence electrons. The number of ether oxygens (including phenoxy) is 1. The van der Waals surface area contributed by atoms with E-state index in [2.05, 4.69) is 20.5 Å². The fourth-order valence-electron chi connectivity index (χ4n) is 2.91. The van der Waals surface area contributed by atoms with Crippen molar-refractivity contribution in [2.24, 2.45) is 0 Å². The highest BCUT2D eigenvalue weighted by molar-refractivity contribution is 5.38. The molecule has 0 saturated heterocycles. The summed E-state index contributed by atoms with van der Waals surface area (Å²) in [5.41, 5.74) is 0. The van der Waals surface area contributed by atoms with Gasteiger partial charge in [-0.3, -0.25) is 0 Å². The maximum absolute atomic E-state index is 11.0. The van der Waals surface area contributed by atoms with Crippen LogP contribution >= 0.6 is 0 Å². The molecule has 1 aliphatic rings. The molecule has 1 fully saturated rings. The summed E-state index contributed by atoms with van der Waals surface area (Å²) < 4.78 is 7.51. The number of nitrogens with zero attached hydrogens (tertiary/aromatic N) is 6. The van der Waals surface area contributed by atoms with E-state index in [-0.39, 0.29) is 17.6 Å². The van der Waals surface area contributed by atoms with E-state index < -0.39 is 11.0 Å². The molecule has 0 bridgehead atoms. The molecule has 0 radical (unpaired) electrons. The van der Waals surface area contributed by atoms with Gasteiger partial charge in [0.05, 0.1) is 6.04 Å². The quantitative estimate of drug-likeness (QED) is 0.615. The Bertz CT molecular complexity index is 683. The number of pyridine rings is 1. The van der Waals surface area contributed by atoms with Gasteiger partial charge in [-0.15, -0.1) is 5.10 Å². The van der Waals surface area contributed by atoms with Gasteiger partial charge in [0, 0.05) is 0 Å². The maximum atomic E-state index is 11.0. The third-order valence-electron chi connectivity index (χ3n) is 4.03. The standard InChI is InChI=1S/C14H18N6O3/c1-10(23-12-8-5-9-15-14(12)20(21)22)13-16-17-18-19(13)11-6-3-2-4-7-11/h5,8-11H,2-4,6-7H2,1H3/t10-/m1/s1. The Balaban J connectivity index is 1.80. The molecule has 1 aliphatic carbocycles. The zero-order valence-electron chi connectivity index (χ0n) is 12.8. The average molecular weight is 318 g/mol. The molecule has 0 spiro atoms. The van der Waals surface area contributed by atoms with Crippen LogP contribution in [0.25, 0.3) is 0 Å². The van der Waals surface area contributed by atoms with Crippen molar-refractivity contribution >= 4 is 5.82 Å². The maximum Gasteiger partial charge on any atom is 0.406 e. The predicted octanol–water partition coefficient (Wildman–Crippen LogP) is 2.62. The first-order valence-electron chi connectivity index (χ1n) is 7.70. The summed E-state index contributed by atoms with van der Waals surface area (Å²) in [5, 5.41) is 22.9. The highest BCUT2D eigenvalue weighted by Gasteiger charge is 2.26. The van der Waals surface area contributed by atoms with Gasteiger partial charge in [0.25, 0.3) is 0 Å². The van der Waals surface area contributed by atoms with Crippen LogP contribution in [0.1, 0.15) is 57.0 Å². The minimum atomic E-state index is -0.563. The Hall–Kier alpha value is -2.58. The van der Waals surface area contributed by atoms with Gasteiger partial charge in [0.1, 0.15) is 6.20 Å². The van der Waals surface area contributed by atoms with Gasteiger partial charge in [0.2, 0.25) is 5.75 Å². The van der Waals surface area contributed by atoms with Crippen molar-refractivity contribution < 1.29 is 9.66 Å². The van der Waals surface area contributed by atoms with E-state index in [9.17, 15) is 10.1 Å². The molecule has 3 rings (SSSR count). The Morgan fingerprint density at radius 3 is 2.91 bits per heavy atom. The van der Waals surface area contributed by atoms with Gasteiger partial charge in [-0.25, -0.2) is 4.68 Å². The molecular formula is C14H18N6O3. The summed E-state index contributed by atoms with van der Waals surface area (Å²) in [4.78, 5) is 14.2. The van der Waals surface area contributed by atoms with Crippen molar-refractivity contribution in [1.82, 2.24) is 25.2 Å². The largest absolute Gasteiger partial charge is 0.474 e.